The lowest BCUT2D eigenvalue weighted by Gasteiger charge is -2.03. The molecule has 0 bridgehead atoms. The van der Waals surface area contributed by atoms with E-state index in [1.807, 2.05) is 67.0 Å². The van der Waals surface area contributed by atoms with Crippen LogP contribution in [0.15, 0.2) is 187 Å². The molecule has 31 heteroatoms. The minimum Gasteiger partial charge on any atom is -1.00 e. The molecule has 11 heterocycles. The second kappa shape index (κ2) is 30.4. The molecule has 0 aliphatic heterocycles. The number of pyridine rings is 7. The molecule has 0 unspecified atom stereocenters. The van der Waals surface area contributed by atoms with Gasteiger partial charge in [0.25, 0.3) is 5.03 Å². The van der Waals surface area contributed by atoms with E-state index in [0.717, 1.165) is 42.5 Å². The van der Waals surface area contributed by atoms with Gasteiger partial charge in [-0.25, -0.2) is 32.3 Å². The largest absolute Gasteiger partial charge is 1.00 e. The zero-order chi connectivity index (χ0) is 54.9. The van der Waals surface area contributed by atoms with Crippen molar-refractivity contribution in [2.75, 3.05) is 47.8 Å². The van der Waals surface area contributed by atoms with Gasteiger partial charge < -0.3 is 40.3 Å². The molecule has 0 saturated heterocycles. The lowest BCUT2D eigenvalue weighted by Crippen LogP contribution is -3.00. The Labute approximate surface area is 489 Å². The van der Waals surface area contributed by atoms with Gasteiger partial charge in [-0.1, -0.05) is 47.1 Å². The van der Waals surface area contributed by atoms with E-state index in [4.69, 9.17) is 11.6 Å². The molecule has 0 atom stereocenters. The molecule has 0 aliphatic rings. The maximum Gasteiger partial charge on any atom is 0.338 e. The summed E-state index contributed by atoms with van der Waals surface area (Å²) in [6.07, 6.45) is 21.7. The summed E-state index contributed by atoms with van der Waals surface area (Å²) in [4.78, 5) is 39.4. The summed E-state index contributed by atoms with van der Waals surface area (Å²) >= 11 is 1.28. The van der Waals surface area contributed by atoms with Crippen LogP contribution < -0.4 is 50.9 Å². The number of sulfone groups is 1. The molecule has 11 aromatic rings. The van der Waals surface area contributed by atoms with Crippen LogP contribution in [0.25, 0.3) is 22.1 Å². The number of nitro groups is 3. The third-order valence-corrected chi connectivity index (χ3v) is 12.4. The Kier molecular flexibility index (Phi) is 24.2. The average Bonchev–Trinajstić information content (AvgIpc) is 4.23. The molecule has 0 fully saturated rings. The summed E-state index contributed by atoms with van der Waals surface area (Å²) in [6.45, 7) is 1.33. The number of anilines is 3. The standard InChI is InChI=1S/C14H13N5O2.C14H15N5.C8H7N3O4S.C8H7N3O2S.C5H7N2.2ClH.HI/c20-19(21)13-12-5-1-2-9-18(12)17-14(13)16-8-6-11-4-3-7-15-10-11;15-13-12-5-1-2-9-19(12)18-14(13)17-8-6-11-4-3-7-16-10-11;1-16(14,15)8-7(11(12)13)6-4-2-3-5-10(6)9-8;1-14-8-7(11(12)13)6-4-2-3-5-10(6)9-8;6-7-4-2-1-3-5-7;;;/h1-5,7,9-10H,6,8H2,(H,16,17);1-5,7,9-10H,6,8,15H2,(H,17,18);2-5H,1H3;2-5H,1H3;1-5H,6H2;3*1H/q;;;;+1;;;/p-1. The highest BCUT2D eigenvalue weighted by Gasteiger charge is 2.30. The lowest BCUT2D eigenvalue weighted by atomic mass is 10.2. The third kappa shape index (κ3) is 16.6. The van der Waals surface area contributed by atoms with Gasteiger partial charge in [0.2, 0.25) is 15.7 Å². The van der Waals surface area contributed by atoms with Crippen molar-refractivity contribution in [1.29, 1.82) is 0 Å². The highest BCUT2D eigenvalue weighted by Crippen LogP contribution is 2.31. The zero-order valence-electron chi connectivity index (χ0n) is 42.3. The van der Waals surface area contributed by atoms with Gasteiger partial charge in [0.15, 0.2) is 23.2 Å². The smallest absolute Gasteiger partial charge is 0.338 e. The number of nitrogens with one attached hydrogen (secondary N) is 2. The van der Waals surface area contributed by atoms with Crippen molar-refractivity contribution in [2.24, 2.45) is 0 Å². The van der Waals surface area contributed by atoms with E-state index < -0.39 is 35.3 Å². The van der Waals surface area contributed by atoms with Crippen LogP contribution in [0.4, 0.5) is 34.4 Å². The van der Waals surface area contributed by atoms with Crippen molar-refractivity contribution in [2.45, 2.75) is 22.9 Å². The molecule has 0 aromatic carbocycles. The third-order valence-electron chi connectivity index (χ3n) is 10.7. The first kappa shape index (κ1) is 63.8. The summed E-state index contributed by atoms with van der Waals surface area (Å²) in [6, 6.07) is 34.4. The Bertz CT molecular complexity index is 3900. The fourth-order valence-electron chi connectivity index (χ4n) is 7.25. The number of nitrogens with two attached hydrogens (primary N) is 2. The summed E-state index contributed by atoms with van der Waals surface area (Å²) in [5.74, 6) is 6.29. The molecule has 0 amide bonds. The van der Waals surface area contributed by atoms with Crippen LogP contribution in [-0.2, 0) is 22.7 Å². The fraction of sp³-hybridized carbons (Fsp3) is 0.122. The van der Waals surface area contributed by atoms with Crippen LogP contribution >= 0.6 is 36.6 Å². The molecule has 26 nitrogen and oxygen atoms in total. The predicted octanol–water partition coefficient (Wildman–Crippen LogP) is 4.40. The van der Waals surface area contributed by atoms with Crippen LogP contribution in [0, 0.1) is 30.3 Å². The van der Waals surface area contributed by atoms with Gasteiger partial charge in [-0.3, -0.25) is 40.3 Å². The number of hydrogen-bond acceptors (Lipinski definition) is 19. The normalized spacial score (nSPS) is 10.3. The van der Waals surface area contributed by atoms with Crippen molar-refractivity contribution >= 4 is 103 Å². The van der Waals surface area contributed by atoms with E-state index in [1.165, 1.54) is 47.8 Å². The van der Waals surface area contributed by atoms with Crippen LogP contribution in [0.5, 0.6) is 0 Å². The number of nitrogens with zero attached hydrogens (tertiary/aromatic N) is 14. The molecular weight excluding hydrogens is 1230 g/mol. The number of nitrogen functional groups attached to an aromatic ring is 2. The van der Waals surface area contributed by atoms with Crippen molar-refractivity contribution in [3.8, 4) is 0 Å². The first-order chi connectivity index (χ1) is 37.1. The fourth-order valence-corrected chi connectivity index (χ4v) is 8.55. The number of halogens is 3. The molecule has 11 aromatic heterocycles. The molecular formula is C49H51Cl2IN18O8S2. The van der Waals surface area contributed by atoms with Gasteiger partial charge >= 0.3 is 17.1 Å². The molecule has 80 heavy (non-hydrogen) atoms. The molecule has 0 spiro atoms. The first-order valence-corrected chi connectivity index (χ1v) is 26.0. The van der Waals surface area contributed by atoms with E-state index in [1.54, 1.807) is 103 Å². The molecule has 0 saturated carbocycles. The number of hydrogen-bond donors (Lipinski definition) is 4. The second-order valence-corrected chi connectivity index (χ2v) is 18.8. The Morgan fingerprint density at radius 2 is 1.00 bits per heavy atom. The van der Waals surface area contributed by atoms with E-state index in [2.05, 4.69) is 47.1 Å². The maximum absolute atomic E-state index is 11.3. The summed E-state index contributed by atoms with van der Waals surface area (Å²) < 4.78 is 30.2. The predicted molar refractivity (Wildman–Crippen MR) is 304 cm³/mol. The van der Waals surface area contributed by atoms with E-state index in [-0.39, 0.29) is 71.5 Å². The van der Waals surface area contributed by atoms with Gasteiger partial charge in [-0.05, 0) is 90.9 Å². The van der Waals surface area contributed by atoms with Crippen LogP contribution in [0.1, 0.15) is 11.1 Å². The maximum atomic E-state index is 11.3. The van der Waals surface area contributed by atoms with Crippen LogP contribution in [0.3, 0.4) is 0 Å². The summed E-state index contributed by atoms with van der Waals surface area (Å²) in [7, 11) is -3.71. The Morgan fingerprint density at radius 1 is 0.575 bits per heavy atom. The zero-order valence-corrected chi connectivity index (χ0v) is 47.7. The SMILES string of the molecule is CS(=O)(=O)c1nn2ccccc2c1[N+](=O)[O-].CSc1nn2ccccc2c1[N+](=O)[O-].Cl.Cl.N[n+]1ccccc1.Nc1c(NCCc2cccnc2)nn2ccccc12.O=[N+]([O-])c1c(NCCc2cccnc2)nn2ccccc12.[I-]. The van der Waals surface area contributed by atoms with E-state index in [0.29, 0.717) is 28.3 Å². The first-order valence-electron chi connectivity index (χ1n) is 22.9. The number of rotatable bonds is 13. The van der Waals surface area contributed by atoms with Crippen molar-refractivity contribution < 1.29 is 51.8 Å². The molecule has 0 aliphatic carbocycles. The molecule has 11 rings (SSSR count). The summed E-state index contributed by atoms with van der Waals surface area (Å²) in [5, 5.41) is 55.5. The van der Waals surface area contributed by atoms with Gasteiger partial charge in [-0.2, -0.15) is 5.10 Å². The topological polar surface area (TPSA) is 339 Å². The Hall–Kier alpha value is -8.78. The number of fused-ring (bicyclic) bond motifs is 4. The van der Waals surface area contributed by atoms with Crippen molar-refractivity contribution in [3.05, 3.63) is 219 Å². The Morgan fingerprint density at radius 3 is 1.43 bits per heavy atom. The molecule has 418 valence electrons. The second-order valence-electron chi connectivity index (χ2n) is 16.0. The summed E-state index contributed by atoms with van der Waals surface area (Å²) in [5.41, 5.74) is 10.7. The number of aromatic nitrogens is 11. The number of thioether (sulfide) groups is 1. The van der Waals surface area contributed by atoms with Gasteiger partial charge in [0, 0.05) is 81.1 Å². The van der Waals surface area contributed by atoms with Gasteiger partial charge in [0.05, 0.1) is 20.3 Å². The quantitative estimate of drug-likeness (QED) is 0.0310. The highest BCUT2D eigenvalue weighted by molar-refractivity contribution is 7.98. The van der Waals surface area contributed by atoms with Gasteiger partial charge in [-0.15, -0.1) is 51.9 Å². The minimum atomic E-state index is -3.71. The highest BCUT2D eigenvalue weighted by atomic mass is 127. The monoisotopic (exact) mass is 1280 g/mol. The van der Waals surface area contributed by atoms with E-state index >= 15 is 0 Å². The van der Waals surface area contributed by atoms with Crippen LogP contribution in [0.2, 0.25) is 0 Å². The minimum absolute atomic E-state index is 0. The Balaban J connectivity index is 0.000000220. The van der Waals surface area contributed by atoms with E-state index in [9.17, 15) is 38.8 Å². The average molecular weight is 1280 g/mol. The van der Waals surface area contributed by atoms with Crippen molar-refractivity contribution in [3.63, 3.8) is 0 Å². The van der Waals surface area contributed by atoms with Crippen molar-refractivity contribution in [1.82, 2.24) is 48.4 Å². The van der Waals surface area contributed by atoms with Gasteiger partial charge in [0.1, 0.15) is 22.2 Å². The van der Waals surface area contributed by atoms with Crippen LogP contribution in [-0.4, -0.2) is 97.2 Å². The molecule has 0 radical (unpaired) electrons. The molecule has 6 N–H and O–H groups in total. The lowest BCUT2D eigenvalue weighted by molar-refractivity contribution is -0.638.